The molecular formula is C22H17N3O6. The van der Waals surface area contributed by atoms with Gasteiger partial charge in [0.2, 0.25) is 5.89 Å². The zero-order valence-electron chi connectivity index (χ0n) is 16.6. The monoisotopic (exact) mass is 419 g/mol. The van der Waals surface area contributed by atoms with Crippen LogP contribution in [0.3, 0.4) is 0 Å². The second-order valence-electron chi connectivity index (χ2n) is 6.50. The van der Waals surface area contributed by atoms with Gasteiger partial charge in [0.05, 0.1) is 30.4 Å². The normalized spacial score (nSPS) is 10.6. The number of carbonyl (C=O) groups is 1. The Kier molecular flexibility index (Phi) is 5.23. The van der Waals surface area contributed by atoms with Crippen molar-refractivity contribution in [1.29, 1.82) is 0 Å². The molecule has 0 saturated heterocycles. The quantitative estimate of drug-likeness (QED) is 0.356. The molecule has 1 amide bonds. The fraction of sp³-hybridized carbons (Fsp3) is 0.0909. The van der Waals surface area contributed by atoms with E-state index in [9.17, 15) is 14.9 Å². The number of nitro benzene ring substituents is 1. The van der Waals surface area contributed by atoms with E-state index < -0.39 is 4.92 Å². The number of nitrogens with zero attached hydrogens (tertiary/aromatic N) is 2. The van der Waals surface area contributed by atoms with E-state index >= 15 is 0 Å². The lowest BCUT2D eigenvalue weighted by molar-refractivity contribution is -0.384. The average Bonchev–Trinajstić information content (AvgIpc) is 3.22. The zero-order valence-corrected chi connectivity index (χ0v) is 16.6. The predicted octanol–water partition coefficient (Wildman–Crippen LogP) is 4.67. The number of anilines is 1. The lowest BCUT2D eigenvalue weighted by atomic mass is 10.1. The first kappa shape index (κ1) is 19.9. The molecule has 0 aliphatic rings. The summed E-state index contributed by atoms with van der Waals surface area (Å²) in [5, 5.41) is 13.8. The molecule has 0 bridgehead atoms. The molecule has 0 aliphatic heterocycles. The van der Waals surface area contributed by atoms with E-state index in [1.54, 1.807) is 42.5 Å². The molecule has 0 unspecified atom stereocenters. The molecule has 1 N–H and O–H groups in total. The molecule has 9 nitrogen and oxygen atoms in total. The highest BCUT2D eigenvalue weighted by atomic mass is 16.6. The third kappa shape index (κ3) is 3.88. The third-order valence-corrected chi connectivity index (χ3v) is 4.63. The van der Waals surface area contributed by atoms with Crippen molar-refractivity contribution in [3.05, 3.63) is 76.3 Å². The summed E-state index contributed by atoms with van der Waals surface area (Å²) in [7, 11) is 3.01. The smallest absolute Gasteiger partial charge is 0.271 e. The Bertz CT molecular complexity index is 1300. The molecule has 4 aromatic rings. The summed E-state index contributed by atoms with van der Waals surface area (Å²) in [5.74, 6) is 0.822. The van der Waals surface area contributed by atoms with Crippen molar-refractivity contribution in [2.45, 2.75) is 0 Å². The number of nitrogens with one attached hydrogen (secondary N) is 1. The van der Waals surface area contributed by atoms with Crippen molar-refractivity contribution in [2.24, 2.45) is 0 Å². The number of amides is 1. The Morgan fingerprint density at radius 1 is 1.03 bits per heavy atom. The van der Waals surface area contributed by atoms with Crippen molar-refractivity contribution in [3.63, 3.8) is 0 Å². The SMILES string of the molecule is COc1ccc(C(=O)Nc2ccccc2-c2nc3cc([N+](=O)[O-])ccc3o2)cc1OC. The summed E-state index contributed by atoms with van der Waals surface area (Å²) < 4.78 is 16.2. The van der Waals surface area contributed by atoms with Gasteiger partial charge in [-0.3, -0.25) is 14.9 Å². The molecule has 0 atom stereocenters. The number of hydrogen-bond donors (Lipinski definition) is 1. The first-order chi connectivity index (χ1) is 15.0. The Hall–Kier alpha value is -4.40. The second-order valence-corrected chi connectivity index (χ2v) is 6.50. The summed E-state index contributed by atoms with van der Waals surface area (Å²) in [6, 6.07) is 16.0. The molecule has 0 aliphatic carbocycles. The first-order valence-corrected chi connectivity index (χ1v) is 9.18. The van der Waals surface area contributed by atoms with Crippen molar-refractivity contribution in [3.8, 4) is 23.0 Å². The summed E-state index contributed by atoms with van der Waals surface area (Å²) in [6.45, 7) is 0. The molecule has 0 saturated carbocycles. The molecule has 156 valence electrons. The second kappa shape index (κ2) is 8.15. The Morgan fingerprint density at radius 2 is 1.81 bits per heavy atom. The van der Waals surface area contributed by atoms with Gasteiger partial charge >= 0.3 is 0 Å². The maximum absolute atomic E-state index is 12.8. The van der Waals surface area contributed by atoms with Gasteiger partial charge in [-0.15, -0.1) is 0 Å². The minimum Gasteiger partial charge on any atom is -0.493 e. The zero-order chi connectivity index (χ0) is 22.0. The van der Waals surface area contributed by atoms with Crippen molar-refractivity contribution < 1.29 is 23.6 Å². The van der Waals surface area contributed by atoms with Crippen LogP contribution in [0.4, 0.5) is 11.4 Å². The molecule has 0 radical (unpaired) electrons. The molecule has 4 rings (SSSR count). The topological polar surface area (TPSA) is 117 Å². The maximum Gasteiger partial charge on any atom is 0.271 e. The van der Waals surface area contributed by atoms with Crippen LogP contribution in [0.2, 0.25) is 0 Å². The number of benzene rings is 3. The minimum atomic E-state index is -0.495. The number of hydrogen-bond acceptors (Lipinski definition) is 7. The van der Waals surface area contributed by atoms with E-state index in [1.807, 2.05) is 0 Å². The number of oxazole rings is 1. The molecule has 0 spiro atoms. The van der Waals surface area contributed by atoms with Crippen LogP contribution in [0, 0.1) is 10.1 Å². The maximum atomic E-state index is 12.8. The lowest BCUT2D eigenvalue weighted by Crippen LogP contribution is -2.13. The number of carbonyl (C=O) groups excluding carboxylic acids is 1. The molecule has 1 heterocycles. The van der Waals surface area contributed by atoms with Gasteiger partial charge in [-0.05, 0) is 36.4 Å². The summed E-state index contributed by atoms with van der Waals surface area (Å²) in [6.07, 6.45) is 0. The van der Waals surface area contributed by atoms with Crippen LogP contribution in [0.1, 0.15) is 10.4 Å². The number of ether oxygens (including phenoxy) is 2. The average molecular weight is 419 g/mol. The van der Waals surface area contributed by atoms with Crippen molar-refractivity contribution in [1.82, 2.24) is 4.98 Å². The number of fused-ring (bicyclic) bond motifs is 1. The van der Waals surface area contributed by atoms with Crippen molar-refractivity contribution in [2.75, 3.05) is 19.5 Å². The molecule has 3 aromatic carbocycles. The third-order valence-electron chi connectivity index (χ3n) is 4.63. The Labute approximate surface area is 176 Å². The van der Waals surface area contributed by atoms with E-state index in [2.05, 4.69) is 10.3 Å². The number of methoxy groups -OCH3 is 2. The minimum absolute atomic E-state index is 0.0811. The van der Waals surface area contributed by atoms with E-state index in [0.29, 0.717) is 39.4 Å². The lowest BCUT2D eigenvalue weighted by Gasteiger charge is -2.11. The van der Waals surface area contributed by atoms with Crippen LogP contribution in [0.25, 0.3) is 22.6 Å². The van der Waals surface area contributed by atoms with Gasteiger partial charge in [-0.25, -0.2) is 4.98 Å². The standard InChI is InChI=1S/C22H17N3O6/c1-29-19-9-7-13(11-20(19)30-2)21(26)23-16-6-4-3-5-15(16)22-24-17-12-14(25(27)28)8-10-18(17)31-22/h3-12H,1-2H3,(H,23,26). The summed E-state index contributed by atoms with van der Waals surface area (Å²) in [5.41, 5.74) is 2.06. The van der Waals surface area contributed by atoms with Crippen LogP contribution < -0.4 is 14.8 Å². The van der Waals surface area contributed by atoms with Gasteiger partial charge in [0.1, 0.15) is 5.52 Å². The Morgan fingerprint density at radius 3 is 2.55 bits per heavy atom. The highest BCUT2D eigenvalue weighted by Crippen LogP contribution is 2.32. The fourth-order valence-corrected chi connectivity index (χ4v) is 3.10. The highest BCUT2D eigenvalue weighted by molar-refractivity contribution is 6.06. The fourth-order valence-electron chi connectivity index (χ4n) is 3.10. The van der Waals surface area contributed by atoms with Gasteiger partial charge < -0.3 is 19.2 Å². The molecular weight excluding hydrogens is 402 g/mol. The van der Waals surface area contributed by atoms with Crippen LogP contribution in [0.15, 0.2) is 65.1 Å². The highest BCUT2D eigenvalue weighted by Gasteiger charge is 2.17. The van der Waals surface area contributed by atoms with Gasteiger partial charge in [-0.1, -0.05) is 12.1 Å². The van der Waals surface area contributed by atoms with E-state index in [0.717, 1.165) is 0 Å². The van der Waals surface area contributed by atoms with Gasteiger partial charge in [0.15, 0.2) is 17.1 Å². The van der Waals surface area contributed by atoms with Gasteiger partial charge in [-0.2, -0.15) is 0 Å². The number of aromatic nitrogens is 1. The Balaban J connectivity index is 1.67. The number of nitro groups is 1. The summed E-state index contributed by atoms with van der Waals surface area (Å²) >= 11 is 0. The molecule has 9 heteroatoms. The van der Waals surface area contributed by atoms with E-state index in [1.165, 1.54) is 32.4 Å². The summed E-state index contributed by atoms with van der Waals surface area (Å²) in [4.78, 5) is 27.7. The largest absolute Gasteiger partial charge is 0.493 e. The van der Waals surface area contributed by atoms with Crippen LogP contribution in [-0.4, -0.2) is 30.0 Å². The number of para-hydroxylation sites is 1. The number of rotatable bonds is 6. The van der Waals surface area contributed by atoms with Crippen LogP contribution in [0.5, 0.6) is 11.5 Å². The van der Waals surface area contributed by atoms with Gasteiger partial charge in [0, 0.05) is 17.7 Å². The molecule has 31 heavy (non-hydrogen) atoms. The van der Waals surface area contributed by atoms with Crippen LogP contribution in [-0.2, 0) is 0 Å². The number of non-ortho nitro benzene ring substituents is 1. The van der Waals surface area contributed by atoms with Crippen molar-refractivity contribution >= 4 is 28.4 Å². The molecule has 0 fully saturated rings. The van der Waals surface area contributed by atoms with E-state index in [-0.39, 0.29) is 17.5 Å². The van der Waals surface area contributed by atoms with Crippen LogP contribution >= 0.6 is 0 Å². The van der Waals surface area contributed by atoms with E-state index in [4.69, 9.17) is 13.9 Å². The predicted molar refractivity (Wildman–Crippen MR) is 114 cm³/mol. The van der Waals surface area contributed by atoms with Gasteiger partial charge in [0.25, 0.3) is 11.6 Å². The first-order valence-electron chi connectivity index (χ1n) is 9.18. The molecule has 1 aromatic heterocycles.